The first-order valence-corrected chi connectivity index (χ1v) is 37.5. The first-order valence-electron chi connectivity index (χ1n) is 36.8. The molecule has 0 saturated carbocycles. The van der Waals surface area contributed by atoms with E-state index >= 15 is 0 Å². The van der Waals surface area contributed by atoms with E-state index in [0.717, 1.165) is 0 Å². The summed E-state index contributed by atoms with van der Waals surface area (Å²) in [6, 6.07) is 7.82. The van der Waals surface area contributed by atoms with E-state index < -0.39 is 128 Å². The second kappa shape index (κ2) is 45.4. The lowest BCUT2D eigenvalue weighted by molar-refractivity contribution is -0.140. The topological polar surface area (TPSA) is 492 Å². The zero-order chi connectivity index (χ0) is 84.6. The molecule has 1 aromatic carbocycles. The lowest BCUT2D eigenvalue weighted by Gasteiger charge is -2.32. The summed E-state index contributed by atoms with van der Waals surface area (Å²) in [5.41, 5.74) is 2.08. The molecule has 4 aromatic heterocycles. The number of alkyl halides is 4. The smallest absolute Gasteiger partial charge is 0.317 e. The predicted octanol–water partition coefficient (Wildman–Crippen LogP) is -0.566. The molecule has 7 heterocycles. The van der Waals surface area contributed by atoms with Crippen LogP contribution in [0.4, 0.5) is 17.6 Å². The number of carbonyl (C=O) groups excluding carboxylic acids is 8. The molecule has 46 heteroatoms. The van der Waals surface area contributed by atoms with Gasteiger partial charge in [-0.3, -0.25) is 92.1 Å². The Balaban J connectivity index is 0.794. The van der Waals surface area contributed by atoms with Crippen LogP contribution in [-0.4, -0.2) is 345 Å². The second-order valence-electron chi connectivity index (χ2n) is 27.0. The predicted molar refractivity (Wildman–Crippen MR) is 400 cm³/mol. The van der Waals surface area contributed by atoms with E-state index in [0.29, 0.717) is 32.3 Å². The summed E-state index contributed by atoms with van der Waals surface area (Å²) < 4.78 is 81.2. The number of carboxylic acids is 3. The molecule has 3 saturated heterocycles. The molecule has 3 aliphatic heterocycles. The van der Waals surface area contributed by atoms with Crippen LogP contribution in [0.3, 0.4) is 0 Å². The number of hydrogen-bond donors (Lipinski definition) is 9. The second-order valence-corrected chi connectivity index (χ2v) is 27.8. The molecule has 5 aromatic rings. The summed E-state index contributed by atoms with van der Waals surface area (Å²) >= 11 is 12.4. The van der Waals surface area contributed by atoms with Crippen LogP contribution in [0.5, 0.6) is 0 Å². The van der Waals surface area contributed by atoms with Crippen LogP contribution in [-0.2, 0) is 83.5 Å². The van der Waals surface area contributed by atoms with Gasteiger partial charge in [-0.15, -0.1) is 10.2 Å². The third-order valence-corrected chi connectivity index (χ3v) is 18.7. The number of aromatic nitrogens is 8. The molecule has 3 fully saturated rings. The average molecular weight is 1680 g/mol. The maximum atomic E-state index is 14.0. The minimum atomic E-state index is -3.24. The van der Waals surface area contributed by atoms with Crippen LogP contribution in [0.25, 0.3) is 27.4 Å². The number of nitrogens with one attached hydrogen (secondary N) is 6. The fraction of sp³-hybridized carbons (Fsp3) is 0.535. The molecule has 0 radical (unpaired) electrons. The van der Waals surface area contributed by atoms with E-state index in [-0.39, 0.29) is 222 Å². The molecule has 8 amide bonds. The molecular weight excluding hydrogens is 1600 g/mol. The van der Waals surface area contributed by atoms with E-state index in [9.17, 15) is 90.9 Å². The standard InChI is InChI=1S/C71H88Cl2F4N22O18/c1-79-58-30-71(76,77)45-99(58)63(104)37-87-69(113)53-28-50(83-35-55(53)73)33-85-60(101)3-17-115-21-23-117-19-15-97-39-57(89-91-97)47-24-46(25-48(26-47)67(111)81-5-4-80-61(102)40-92-6-8-93(41-64(105)106)10-12-95(43-66(109)110)13-11-94(9-7-92)42-65(107)108)56-38-96(90-88-56)14-18-116-22-20-114-16-2-59(100)84-32-49-27-52(54(72)34-82-49)68(112)86-36-62(103)98-44-70(74,75)29-51(98)31-78/h24-28,34-35,38-39,51,58H,2-23,29-30,32-33,36-37,40-45H2,(H,80,102)(H,81,111)(H,84,100)(H,85,101)(H,86,112)(H,87,113)(H,105,106)(H,107,108)(H,109,110)/t51-,58+/m1/s1. The van der Waals surface area contributed by atoms with E-state index in [1.807, 2.05) is 0 Å². The van der Waals surface area contributed by atoms with Crippen LogP contribution in [0.15, 0.2) is 55.1 Å². The lowest BCUT2D eigenvalue weighted by Crippen LogP contribution is -2.50. The van der Waals surface area contributed by atoms with Crippen molar-refractivity contribution in [3.8, 4) is 28.6 Å². The van der Waals surface area contributed by atoms with Crippen molar-refractivity contribution < 1.29 is 105 Å². The number of likely N-dealkylation sites (tertiary alicyclic amines) is 2. The molecule has 9 N–H and O–H groups in total. The summed E-state index contributed by atoms with van der Waals surface area (Å²) in [4.78, 5) is 158. The van der Waals surface area contributed by atoms with Crippen molar-refractivity contribution in [2.24, 2.45) is 0 Å². The quantitative estimate of drug-likeness (QED) is 0.0134. The van der Waals surface area contributed by atoms with Crippen LogP contribution in [0.2, 0.25) is 10.0 Å². The number of ether oxygens (including phenoxy) is 4. The van der Waals surface area contributed by atoms with Crippen molar-refractivity contribution in [2.75, 3.05) is 171 Å². The van der Waals surface area contributed by atoms with Crippen molar-refractivity contribution >= 4 is 88.4 Å². The van der Waals surface area contributed by atoms with Gasteiger partial charge in [-0.1, -0.05) is 33.6 Å². The van der Waals surface area contributed by atoms with Gasteiger partial charge in [0.25, 0.3) is 29.6 Å². The number of rotatable bonds is 42. The van der Waals surface area contributed by atoms with Crippen molar-refractivity contribution in [2.45, 2.75) is 75.9 Å². The Kier molecular flexibility index (Phi) is 35.5. The molecule has 40 nitrogen and oxygen atoms in total. The highest BCUT2D eigenvalue weighted by Gasteiger charge is 2.51. The van der Waals surface area contributed by atoms with Gasteiger partial charge in [-0.25, -0.2) is 33.5 Å². The number of carbonyl (C=O) groups is 11. The monoisotopic (exact) mass is 1680 g/mol. The highest BCUT2D eigenvalue weighted by molar-refractivity contribution is 6.34. The summed E-state index contributed by atoms with van der Waals surface area (Å²) in [6.45, 7) is 5.40. The van der Waals surface area contributed by atoms with Gasteiger partial charge < -0.3 is 71.1 Å². The minimum absolute atomic E-state index is 0.0179. The van der Waals surface area contributed by atoms with Crippen LogP contribution < -0.4 is 31.9 Å². The fourth-order valence-electron chi connectivity index (χ4n) is 12.1. The van der Waals surface area contributed by atoms with E-state index in [4.69, 9.17) is 48.7 Å². The van der Waals surface area contributed by atoms with Gasteiger partial charge in [0.15, 0.2) is 0 Å². The maximum absolute atomic E-state index is 14.0. The first kappa shape index (κ1) is 91.5. The minimum Gasteiger partial charge on any atom is -0.480 e. The number of nitriles is 1. The largest absolute Gasteiger partial charge is 0.480 e. The van der Waals surface area contributed by atoms with Crippen molar-refractivity contribution in [3.63, 3.8) is 0 Å². The van der Waals surface area contributed by atoms with Gasteiger partial charge in [0.2, 0.25) is 29.5 Å². The summed E-state index contributed by atoms with van der Waals surface area (Å²) in [5, 5.41) is 70.6. The molecule has 117 heavy (non-hydrogen) atoms. The molecule has 2 atom stereocenters. The Labute approximate surface area is 676 Å². The first-order chi connectivity index (χ1) is 55.9. The third-order valence-electron chi connectivity index (χ3n) is 18.1. The van der Waals surface area contributed by atoms with Gasteiger partial charge in [-0.2, -0.15) is 5.26 Å². The highest BCUT2D eigenvalue weighted by Crippen LogP contribution is 2.34. The summed E-state index contributed by atoms with van der Waals surface area (Å²) in [5.74, 6) is -14.9. The number of benzene rings is 1. The molecule has 0 unspecified atom stereocenters. The van der Waals surface area contributed by atoms with E-state index in [1.54, 1.807) is 56.3 Å². The van der Waals surface area contributed by atoms with E-state index in [1.165, 1.54) is 33.9 Å². The zero-order valence-electron chi connectivity index (χ0n) is 63.3. The molecule has 0 spiro atoms. The Bertz CT molecular complexity index is 4160. The number of carboxylic acid groups (broad SMARTS) is 3. The third kappa shape index (κ3) is 30.8. The SMILES string of the molecule is [C-]#[N+][C@@H]1CC(F)(F)CN1C(=O)CNC(=O)c1cc(CNC(=O)CCOCCOCCn2cc(-c3cc(C(=O)NCCNC(=O)CN4CCN(CC(=O)O)CCN(CC(=O)O)CCN(CC(=O)O)CC4)cc(-c4cn(CCOCCOCCC(=O)NCc5cc(C(=O)NCC(=O)N6CC(F)(F)C[C@@H]6C#N)c(Cl)cn5)nn4)c3)nn2)ncc1Cl. The van der Waals surface area contributed by atoms with Crippen LogP contribution in [0.1, 0.15) is 68.1 Å². The maximum Gasteiger partial charge on any atom is 0.317 e. The number of nitrogens with zero attached hydrogens (tertiary/aromatic N) is 16. The van der Waals surface area contributed by atoms with Crippen molar-refractivity contribution in [3.05, 3.63) is 105 Å². The van der Waals surface area contributed by atoms with Crippen molar-refractivity contribution in [1.82, 2.24) is 101 Å². The van der Waals surface area contributed by atoms with E-state index in [2.05, 4.69) is 67.3 Å². The van der Waals surface area contributed by atoms with Crippen molar-refractivity contribution in [1.29, 1.82) is 5.26 Å². The number of hydrogen-bond acceptors (Lipinski definition) is 26. The molecule has 0 bridgehead atoms. The van der Waals surface area contributed by atoms with Gasteiger partial charge in [-0.05, 0) is 30.3 Å². The van der Waals surface area contributed by atoms with Crippen LogP contribution >= 0.6 is 23.2 Å². The Morgan fingerprint density at radius 2 is 0.932 bits per heavy atom. The highest BCUT2D eigenvalue weighted by atomic mass is 35.5. The van der Waals surface area contributed by atoms with Gasteiger partial charge >= 0.3 is 24.1 Å². The Morgan fingerprint density at radius 1 is 0.521 bits per heavy atom. The summed E-state index contributed by atoms with van der Waals surface area (Å²) in [7, 11) is 0. The Morgan fingerprint density at radius 3 is 1.37 bits per heavy atom. The average Bonchev–Trinajstić information content (AvgIpc) is 1.73. The molecular formula is C71H88Cl2F4N22O18. The fourth-order valence-corrected chi connectivity index (χ4v) is 12.5. The lowest BCUT2D eigenvalue weighted by atomic mass is 10.0. The number of aliphatic carboxylic acids is 3. The normalized spacial score (nSPS) is 16.7. The van der Waals surface area contributed by atoms with Crippen LogP contribution in [0, 0.1) is 17.9 Å². The van der Waals surface area contributed by atoms with Gasteiger partial charge in [0, 0.05) is 114 Å². The van der Waals surface area contributed by atoms with Gasteiger partial charge in [0.05, 0.1) is 182 Å². The zero-order valence-corrected chi connectivity index (χ0v) is 64.8. The summed E-state index contributed by atoms with van der Waals surface area (Å²) in [6.07, 6.45) is 2.54. The molecule has 632 valence electrons. The molecule has 3 aliphatic rings. The number of amides is 8. The molecule has 8 rings (SSSR count). The Hall–Kier alpha value is -11.1. The number of halogens is 6. The van der Waals surface area contributed by atoms with Gasteiger partial charge in [0.1, 0.15) is 23.9 Å². The number of pyridine rings is 2. The molecule has 0 aliphatic carbocycles.